The molecule has 0 radical (unpaired) electrons. The van der Waals surface area contributed by atoms with E-state index in [0.29, 0.717) is 0 Å². The van der Waals surface area contributed by atoms with Gasteiger partial charge in [-0.25, -0.2) is 0 Å². The summed E-state index contributed by atoms with van der Waals surface area (Å²) in [6.45, 7) is 0. The molecular weight excluding hydrogens is 256 g/mol. The Morgan fingerprint density at radius 1 is 1.21 bits per heavy atom. The van der Waals surface area contributed by atoms with Crippen LogP contribution >= 0.6 is 11.3 Å². The number of carbonyl (C=O) groups is 1. The number of ketones is 1. The highest BCUT2D eigenvalue weighted by Gasteiger charge is 2.24. The molecule has 1 aliphatic rings. The minimum atomic E-state index is 0.133. The van der Waals surface area contributed by atoms with E-state index in [0.717, 1.165) is 40.2 Å². The molecule has 0 saturated carbocycles. The van der Waals surface area contributed by atoms with E-state index in [1.165, 1.54) is 0 Å². The van der Waals surface area contributed by atoms with E-state index in [4.69, 9.17) is 4.74 Å². The molecule has 0 aliphatic heterocycles. The number of allylic oxidation sites excluding steroid dienone is 1. The summed E-state index contributed by atoms with van der Waals surface area (Å²) in [5, 5.41) is 2.02. The summed E-state index contributed by atoms with van der Waals surface area (Å²) in [4.78, 5) is 13.6. The van der Waals surface area contributed by atoms with Crippen LogP contribution in [0, 0.1) is 0 Å². The summed E-state index contributed by atoms with van der Waals surface area (Å²) in [5.41, 5.74) is 2.72. The molecule has 96 valence electrons. The third-order valence-electron chi connectivity index (χ3n) is 3.39. The molecule has 0 saturated heterocycles. The molecule has 0 spiro atoms. The van der Waals surface area contributed by atoms with Crippen molar-refractivity contribution in [3.63, 3.8) is 0 Å². The molecule has 0 unspecified atom stereocenters. The van der Waals surface area contributed by atoms with E-state index in [1.54, 1.807) is 18.4 Å². The zero-order valence-corrected chi connectivity index (χ0v) is 11.5. The molecule has 0 amide bonds. The van der Waals surface area contributed by atoms with Crippen molar-refractivity contribution in [1.82, 2.24) is 0 Å². The second-order valence-electron chi connectivity index (χ2n) is 4.50. The lowest BCUT2D eigenvalue weighted by atomic mass is 9.86. The van der Waals surface area contributed by atoms with E-state index in [9.17, 15) is 4.79 Å². The Morgan fingerprint density at radius 3 is 2.84 bits per heavy atom. The van der Waals surface area contributed by atoms with Crippen LogP contribution in [0.1, 0.15) is 27.2 Å². The summed E-state index contributed by atoms with van der Waals surface area (Å²) < 4.78 is 5.33. The van der Waals surface area contributed by atoms with Crippen molar-refractivity contribution in [3.05, 3.63) is 57.3 Å². The van der Waals surface area contributed by atoms with Crippen LogP contribution in [0.3, 0.4) is 0 Å². The van der Waals surface area contributed by atoms with Gasteiger partial charge >= 0.3 is 0 Å². The molecule has 1 heterocycles. The molecular formula is C16H14O2S. The number of thiophene rings is 1. The smallest absolute Gasteiger partial charge is 0.189 e. The number of rotatable bonds is 2. The van der Waals surface area contributed by atoms with Gasteiger partial charge in [0.05, 0.1) is 7.11 Å². The number of methoxy groups -OCH3 is 1. The lowest BCUT2D eigenvalue weighted by Gasteiger charge is -2.19. The normalized spacial score (nSPS) is 16.5. The number of carbonyl (C=O) groups excluding carboxylic acids is 1. The first-order valence-corrected chi connectivity index (χ1v) is 7.12. The van der Waals surface area contributed by atoms with Crippen LogP contribution in [0.2, 0.25) is 0 Å². The molecule has 0 atom stereocenters. The summed E-state index contributed by atoms with van der Waals surface area (Å²) in [6.07, 6.45) is 3.65. The number of benzene rings is 1. The Balaban J connectivity index is 2.01. The first-order valence-electron chi connectivity index (χ1n) is 6.24. The molecule has 3 heteroatoms. The monoisotopic (exact) mass is 270 g/mol. The summed E-state index contributed by atoms with van der Waals surface area (Å²) in [5.74, 6) is 0.953. The number of ether oxygens (including phenoxy) is 1. The summed E-state index contributed by atoms with van der Waals surface area (Å²) in [7, 11) is 1.65. The van der Waals surface area contributed by atoms with Crippen molar-refractivity contribution < 1.29 is 9.53 Å². The quantitative estimate of drug-likeness (QED) is 0.772. The molecule has 0 N–H and O–H groups in total. The van der Waals surface area contributed by atoms with Crippen LogP contribution in [-0.2, 0) is 6.42 Å². The molecule has 1 aromatic carbocycles. The molecule has 0 fully saturated rings. The van der Waals surface area contributed by atoms with Gasteiger partial charge in [-0.2, -0.15) is 0 Å². The minimum absolute atomic E-state index is 0.133. The molecule has 3 rings (SSSR count). The Labute approximate surface area is 116 Å². The van der Waals surface area contributed by atoms with Crippen molar-refractivity contribution in [2.24, 2.45) is 0 Å². The van der Waals surface area contributed by atoms with Gasteiger partial charge in [0.2, 0.25) is 0 Å². The van der Waals surface area contributed by atoms with Crippen LogP contribution in [-0.4, -0.2) is 12.9 Å². The van der Waals surface area contributed by atoms with Crippen molar-refractivity contribution in [3.8, 4) is 5.75 Å². The Bertz CT molecular complexity index is 639. The summed E-state index contributed by atoms with van der Waals surface area (Å²) >= 11 is 1.65. The highest BCUT2D eigenvalue weighted by molar-refractivity contribution is 7.10. The molecule has 1 aliphatic carbocycles. The average Bonchev–Trinajstić information content (AvgIpc) is 2.94. The predicted octanol–water partition coefficient (Wildman–Crippen LogP) is 3.97. The maximum Gasteiger partial charge on any atom is 0.189 e. The topological polar surface area (TPSA) is 26.3 Å². The van der Waals surface area contributed by atoms with Crippen LogP contribution in [0.25, 0.3) is 6.08 Å². The minimum Gasteiger partial charge on any atom is -0.496 e. The van der Waals surface area contributed by atoms with Gasteiger partial charge in [-0.15, -0.1) is 11.3 Å². The third kappa shape index (κ3) is 2.22. The Morgan fingerprint density at radius 2 is 2.11 bits per heavy atom. The largest absolute Gasteiger partial charge is 0.496 e. The standard InChI is InChI=1S/C16H14O2S/c1-18-15-6-2-5-14-13(15)8-7-11(16(14)17)10-12-4-3-9-19-12/h2-6,9-10H,7-8H2,1H3. The SMILES string of the molecule is COc1cccc2c1CCC(=Cc1cccs1)C2=O. The first-order chi connectivity index (χ1) is 9.29. The maximum absolute atomic E-state index is 12.5. The van der Waals surface area contributed by atoms with Gasteiger partial charge < -0.3 is 4.74 Å². The molecule has 1 aromatic heterocycles. The second kappa shape index (κ2) is 5.02. The lowest BCUT2D eigenvalue weighted by molar-refractivity contribution is 0.102. The molecule has 0 bridgehead atoms. The van der Waals surface area contributed by atoms with Crippen LogP contribution in [0.5, 0.6) is 5.75 Å². The highest BCUT2D eigenvalue weighted by atomic mass is 32.1. The van der Waals surface area contributed by atoms with Gasteiger partial charge in [0.1, 0.15) is 5.75 Å². The number of hydrogen-bond donors (Lipinski definition) is 0. The zero-order valence-electron chi connectivity index (χ0n) is 10.7. The van der Waals surface area contributed by atoms with Gasteiger partial charge in [-0.3, -0.25) is 4.79 Å². The van der Waals surface area contributed by atoms with E-state index < -0.39 is 0 Å². The second-order valence-corrected chi connectivity index (χ2v) is 5.48. The fourth-order valence-electron chi connectivity index (χ4n) is 2.46. The predicted molar refractivity (Wildman–Crippen MR) is 77.9 cm³/mol. The summed E-state index contributed by atoms with van der Waals surface area (Å²) in [6, 6.07) is 9.72. The first kappa shape index (κ1) is 12.2. The van der Waals surface area contributed by atoms with Crippen molar-refractivity contribution >= 4 is 23.2 Å². The van der Waals surface area contributed by atoms with Gasteiger partial charge in [0.15, 0.2) is 5.78 Å². The lowest BCUT2D eigenvalue weighted by Crippen LogP contribution is -2.14. The fourth-order valence-corrected chi connectivity index (χ4v) is 3.14. The number of fused-ring (bicyclic) bond motifs is 1. The van der Waals surface area contributed by atoms with Crippen LogP contribution in [0.4, 0.5) is 0 Å². The fraction of sp³-hybridized carbons (Fsp3) is 0.188. The van der Waals surface area contributed by atoms with Crippen molar-refractivity contribution in [2.75, 3.05) is 7.11 Å². The molecule has 19 heavy (non-hydrogen) atoms. The third-order valence-corrected chi connectivity index (χ3v) is 4.21. The van der Waals surface area contributed by atoms with Crippen LogP contribution in [0.15, 0.2) is 41.3 Å². The molecule has 2 aromatic rings. The van der Waals surface area contributed by atoms with Gasteiger partial charge in [-0.05, 0) is 36.4 Å². The van der Waals surface area contributed by atoms with Gasteiger partial charge in [0, 0.05) is 21.6 Å². The highest BCUT2D eigenvalue weighted by Crippen LogP contribution is 2.32. The van der Waals surface area contributed by atoms with E-state index in [2.05, 4.69) is 0 Å². The Kier molecular flexibility index (Phi) is 3.22. The van der Waals surface area contributed by atoms with Crippen molar-refractivity contribution in [2.45, 2.75) is 12.8 Å². The van der Waals surface area contributed by atoms with E-state index in [1.807, 2.05) is 41.8 Å². The maximum atomic E-state index is 12.5. The van der Waals surface area contributed by atoms with Gasteiger partial charge in [-0.1, -0.05) is 18.2 Å². The van der Waals surface area contributed by atoms with E-state index >= 15 is 0 Å². The molecule has 2 nitrogen and oxygen atoms in total. The van der Waals surface area contributed by atoms with Crippen molar-refractivity contribution in [1.29, 1.82) is 0 Å². The number of Topliss-reactive ketones (excluding diaryl/α,β-unsaturated/α-hetero) is 1. The van der Waals surface area contributed by atoms with Crippen LogP contribution < -0.4 is 4.74 Å². The number of hydrogen-bond acceptors (Lipinski definition) is 3. The average molecular weight is 270 g/mol. The Hall–Kier alpha value is -1.87. The van der Waals surface area contributed by atoms with Gasteiger partial charge in [0.25, 0.3) is 0 Å². The zero-order chi connectivity index (χ0) is 13.2. The van der Waals surface area contributed by atoms with E-state index in [-0.39, 0.29) is 5.78 Å².